The van der Waals surface area contributed by atoms with Gasteiger partial charge in [0.15, 0.2) is 0 Å². The van der Waals surface area contributed by atoms with Gasteiger partial charge in [-0.3, -0.25) is 0 Å². The molecule has 0 aliphatic carbocycles. The standard InChI is InChI=1S/C16H26N2O/c1-16(2,3)8-9-17-14-6-4-5-7-15(14)18-10-12-19-13-11-18/h4-7,17H,8-13H2,1-3H3. The monoisotopic (exact) mass is 262 g/mol. The molecule has 0 bridgehead atoms. The highest BCUT2D eigenvalue weighted by molar-refractivity contribution is 5.70. The lowest BCUT2D eigenvalue weighted by atomic mass is 9.92. The zero-order chi connectivity index (χ0) is 13.7. The molecule has 1 aliphatic heterocycles. The maximum atomic E-state index is 5.42. The average molecular weight is 262 g/mol. The molecule has 1 saturated heterocycles. The molecule has 1 aromatic rings. The maximum absolute atomic E-state index is 5.42. The van der Waals surface area contributed by atoms with Crippen molar-refractivity contribution < 1.29 is 4.74 Å². The van der Waals surface area contributed by atoms with Crippen LogP contribution in [0.25, 0.3) is 0 Å². The van der Waals surface area contributed by atoms with Gasteiger partial charge < -0.3 is 15.0 Å². The summed E-state index contributed by atoms with van der Waals surface area (Å²) in [4.78, 5) is 2.41. The molecule has 0 saturated carbocycles. The number of rotatable bonds is 4. The van der Waals surface area contributed by atoms with Crippen LogP contribution < -0.4 is 10.2 Å². The maximum Gasteiger partial charge on any atom is 0.0642 e. The van der Waals surface area contributed by atoms with Gasteiger partial charge in [0.2, 0.25) is 0 Å². The molecular weight excluding hydrogens is 236 g/mol. The highest BCUT2D eigenvalue weighted by Crippen LogP contribution is 2.27. The SMILES string of the molecule is CC(C)(C)CCNc1ccccc1N1CCOCC1. The largest absolute Gasteiger partial charge is 0.383 e. The third-order valence-corrected chi connectivity index (χ3v) is 3.45. The van der Waals surface area contributed by atoms with Crippen molar-refractivity contribution in [3.05, 3.63) is 24.3 Å². The minimum Gasteiger partial charge on any atom is -0.383 e. The van der Waals surface area contributed by atoms with Crippen molar-refractivity contribution >= 4 is 11.4 Å². The van der Waals surface area contributed by atoms with Crippen LogP contribution in [0.5, 0.6) is 0 Å². The minimum atomic E-state index is 0.376. The van der Waals surface area contributed by atoms with Crippen molar-refractivity contribution in [1.82, 2.24) is 0 Å². The smallest absolute Gasteiger partial charge is 0.0642 e. The summed E-state index contributed by atoms with van der Waals surface area (Å²) in [6.07, 6.45) is 1.17. The van der Waals surface area contributed by atoms with E-state index >= 15 is 0 Å². The first kappa shape index (κ1) is 14.2. The van der Waals surface area contributed by atoms with Crippen molar-refractivity contribution in [3.63, 3.8) is 0 Å². The first-order valence-corrected chi connectivity index (χ1v) is 7.22. The quantitative estimate of drug-likeness (QED) is 0.900. The van der Waals surface area contributed by atoms with Crippen LogP contribution in [0.2, 0.25) is 0 Å². The van der Waals surface area contributed by atoms with Crippen LogP contribution >= 0.6 is 0 Å². The van der Waals surface area contributed by atoms with Gasteiger partial charge in [-0.2, -0.15) is 0 Å². The van der Waals surface area contributed by atoms with E-state index in [2.05, 4.69) is 55.3 Å². The van der Waals surface area contributed by atoms with Gasteiger partial charge in [0.25, 0.3) is 0 Å². The Kier molecular flexibility index (Phi) is 4.70. The van der Waals surface area contributed by atoms with Crippen molar-refractivity contribution in [2.75, 3.05) is 43.1 Å². The summed E-state index contributed by atoms with van der Waals surface area (Å²) in [5.74, 6) is 0. The van der Waals surface area contributed by atoms with Crippen molar-refractivity contribution in [2.24, 2.45) is 5.41 Å². The Bertz CT molecular complexity index is 392. The average Bonchev–Trinajstić information content (AvgIpc) is 2.39. The van der Waals surface area contributed by atoms with Crippen LogP contribution in [0.15, 0.2) is 24.3 Å². The van der Waals surface area contributed by atoms with Gasteiger partial charge in [0.1, 0.15) is 0 Å². The fraction of sp³-hybridized carbons (Fsp3) is 0.625. The number of morpholine rings is 1. The molecule has 106 valence electrons. The first-order valence-electron chi connectivity index (χ1n) is 7.22. The summed E-state index contributed by atoms with van der Waals surface area (Å²) in [5, 5.41) is 3.58. The van der Waals surface area contributed by atoms with Gasteiger partial charge in [-0.05, 0) is 24.0 Å². The molecule has 1 aliphatic rings. The second-order valence-electron chi connectivity index (χ2n) is 6.35. The summed E-state index contributed by atoms with van der Waals surface area (Å²) >= 11 is 0. The highest BCUT2D eigenvalue weighted by Gasteiger charge is 2.15. The van der Waals surface area contributed by atoms with Gasteiger partial charge in [-0.25, -0.2) is 0 Å². The van der Waals surface area contributed by atoms with Crippen LogP contribution in [0.3, 0.4) is 0 Å². The molecule has 1 aromatic carbocycles. The van der Waals surface area contributed by atoms with Crippen LogP contribution in [0.4, 0.5) is 11.4 Å². The number of para-hydroxylation sites is 2. The van der Waals surface area contributed by atoms with E-state index in [-0.39, 0.29) is 0 Å². The van der Waals surface area contributed by atoms with Crippen LogP contribution in [-0.2, 0) is 4.74 Å². The molecule has 0 unspecified atom stereocenters. The molecule has 1 heterocycles. The summed E-state index contributed by atoms with van der Waals surface area (Å²) in [6.45, 7) is 11.5. The van der Waals surface area contributed by atoms with Crippen LogP contribution in [-0.4, -0.2) is 32.8 Å². The Morgan fingerprint density at radius 3 is 2.53 bits per heavy atom. The molecule has 0 spiro atoms. The fourth-order valence-electron chi connectivity index (χ4n) is 2.28. The fourth-order valence-corrected chi connectivity index (χ4v) is 2.28. The molecule has 2 rings (SSSR count). The van der Waals surface area contributed by atoms with E-state index in [1.807, 2.05) is 0 Å². The van der Waals surface area contributed by atoms with E-state index in [1.165, 1.54) is 17.8 Å². The van der Waals surface area contributed by atoms with Gasteiger partial charge in [-0.1, -0.05) is 32.9 Å². The molecule has 1 N–H and O–H groups in total. The van der Waals surface area contributed by atoms with Gasteiger partial charge in [0, 0.05) is 19.6 Å². The Morgan fingerprint density at radius 2 is 1.84 bits per heavy atom. The number of nitrogens with zero attached hydrogens (tertiary/aromatic N) is 1. The Balaban J connectivity index is 1.99. The van der Waals surface area contributed by atoms with Crippen molar-refractivity contribution in [2.45, 2.75) is 27.2 Å². The molecule has 3 heteroatoms. The third kappa shape index (κ3) is 4.43. The molecule has 0 aromatic heterocycles. The second kappa shape index (κ2) is 6.29. The normalized spacial score (nSPS) is 16.5. The molecule has 1 fully saturated rings. The van der Waals surface area contributed by atoms with E-state index in [0.717, 1.165) is 32.8 Å². The predicted molar refractivity (Wildman–Crippen MR) is 82.0 cm³/mol. The summed E-state index contributed by atoms with van der Waals surface area (Å²) < 4.78 is 5.42. The second-order valence-corrected chi connectivity index (χ2v) is 6.35. The summed E-state index contributed by atoms with van der Waals surface area (Å²) in [6, 6.07) is 8.58. The molecule has 0 radical (unpaired) electrons. The number of ether oxygens (including phenoxy) is 1. The summed E-state index contributed by atoms with van der Waals surface area (Å²) in [7, 11) is 0. The topological polar surface area (TPSA) is 24.5 Å². The number of anilines is 2. The molecular formula is C16H26N2O. The number of benzene rings is 1. The van der Waals surface area contributed by atoms with E-state index in [4.69, 9.17) is 4.74 Å². The molecule has 3 nitrogen and oxygen atoms in total. The van der Waals surface area contributed by atoms with Crippen molar-refractivity contribution in [3.8, 4) is 0 Å². The highest BCUT2D eigenvalue weighted by atomic mass is 16.5. The Labute approximate surface area is 116 Å². The van der Waals surface area contributed by atoms with Gasteiger partial charge >= 0.3 is 0 Å². The van der Waals surface area contributed by atoms with E-state index < -0.39 is 0 Å². The van der Waals surface area contributed by atoms with E-state index in [9.17, 15) is 0 Å². The summed E-state index contributed by atoms with van der Waals surface area (Å²) in [5.41, 5.74) is 2.93. The van der Waals surface area contributed by atoms with E-state index in [0.29, 0.717) is 5.41 Å². The number of hydrogen-bond donors (Lipinski definition) is 1. The van der Waals surface area contributed by atoms with Gasteiger partial charge in [-0.15, -0.1) is 0 Å². The van der Waals surface area contributed by atoms with Gasteiger partial charge in [0.05, 0.1) is 24.6 Å². The van der Waals surface area contributed by atoms with Crippen LogP contribution in [0.1, 0.15) is 27.2 Å². The third-order valence-electron chi connectivity index (χ3n) is 3.45. The Morgan fingerprint density at radius 1 is 1.16 bits per heavy atom. The van der Waals surface area contributed by atoms with E-state index in [1.54, 1.807) is 0 Å². The zero-order valence-corrected chi connectivity index (χ0v) is 12.4. The van der Waals surface area contributed by atoms with Crippen molar-refractivity contribution in [1.29, 1.82) is 0 Å². The molecule has 19 heavy (non-hydrogen) atoms. The number of hydrogen-bond acceptors (Lipinski definition) is 3. The zero-order valence-electron chi connectivity index (χ0n) is 12.4. The first-order chi connectivity index (χ1) is 9.06. The predicted octanol–water partition coefficient (Wildman–Crippen LogP) is 3.37. The Hall–Kier alpha value is -1.22. The number of nitrogens with one attached hydrogen (secondary N) is 1. The lowest BCUT2D eigenvalue weighted by Crippen LogP contribution is -2.36. The lowest BCUT2D eigenvalue weighted by Gasteiger charge is -2.31. The molecule has 0 amide bonds. The van der Waals surface area contributed by atoms with Crippen LogP contribution in [0, 0.1) is 5.41 Å². The molecule has 0 atom stereocenters. The lowest BCUT2D eigenvalue weighted by molar-refractivity contribution is 0.123. The minimum absolute atomic E-state index is 0.376.